The highest BCUT2D eigenvalue weighted by Gasteiger charge is 2.17. The summed E-state index contributed by atoms with van der Waals surface area (Å²) in [5.74, 6) is 1.96. The Morgan fingerprint density at radius 1 is 0.511 bits per heavy atom. The van der Waals surface area contributed by atoms with Gasteiger partial charge in [-0.15, -0.1) is 0 Å². The molecule has 0 aliphatic carbocycles. The number of nitrogens with one attached hydrogen (secondary N) is 1. The van der Waals surface area contributed by atoms with Crippen molar-refractivity contribution in [3.05, 3.63) is 158 Å². The second-order valence-corrected chi connectivity index (χ2v) is 22.8. The van der Waals surface area contributed by atoms with Crippen LogP contribution in [0.3, 0.4) is 0 Å². The van der Waals surface area contributed by atoms with Crippen molar-refractivity contribution >= 4 is 85.8 Å². The number of aliphatic hydroxyl groups excluding tert-OH is 2. The zero-order chi connectivity index (χ0) is 61.7. The number of aromatic nitrogens is 12. The monoisotopic (exact) mass is 1260 g/mol. The van der Waals surface area contributed by atoms with Gasteiger partial charge in [0.25, 0.3) is 17.1 Å². The van der Waals surface area contributed by atoms with Crippen LogP contribution in [0.1, 0.15) is 93.7 Å². The molecule has 6 aromatic heterocycles. The number of aromatic amines is 1. The van der Waals surface area contributed by atoms with Crippen molar-refractivity contribution in [2.45, 2.75) is 135 Å². The van der Waals surface area contributed by atoms with E-state index in [0.29, 0.717) is 36.1 Å². The summed E-state index contributed by atoms with van der Waals surface area (Å²) in [6, 6.07) is 19.6. The minimum absolute atomic E-state index is 0.0254. The molecule has 0 spiro atoms. The highest BCUT2D eigenvalue weighted by atomic mass is 32.2. The van der Waals surface area contributed by atoms with Crippen LogP contribution in [0.15, 0.2) is 126 Å². The van der Waals surface area contributed by atoms with E-state index >= 15 is 0 Å². The molecule has 2 aliphatic rings. The number of thioether (sulfide) groups is 3. The largest absolute Gasteiger partial charge is 0.396 e. The van der Waals surface area contributed by atoms with Crippen LogP contribution in [0, 0.1) is 30.3 Å². The van der Waals surface area contributed by atoms with Crippen LogP contribution >= 0.6 is 35.3 Å². The Kier molecular flexibility index (Phi) is 27.1. The van der Waals surface area contributed by atoms with Crippen molar-refractivity contribution in [1.29, 1.82) is 0 Å². The molecule has 3 aromatic carbocycles. The van der Waals surface area contributed by atoms with Crippen molar-refractivity contribution in [3.8, 4) is 0 Å². The van der Waals surface area contributed by atoms with Gasteiger partial charge in [-0.25, -0.2) is 44.9 Å². The van der Waals surface area contributed by atoms with Gasteiger partial charge in [-0.05, 0) is 93.7 Å². The predicted molar refractivity (Wildman–Crippen MR) is 331 cm³/mol. The second kappa shape index (κ2) is 36.0. The number of aryl methyl sites for hydroxylation is 2. The lowest BCUT2D eigenvalue weighted by Gasteiger charge is -2.22. The molecule has 0 bridgehead atoms. The number of fused-ring (bicyclic) bond motifs is 3. The molecule has 2 aliphatic heterocycles. The van der Waals surface area contributed by atoms with Crippen LogP contribution in [-0.2, 0) is 49.3 Å². The molecule has 27 nitrogen and oxygen atoms in total. The Balaban J connectivity index is 0.000000159. The topological polar surface area (TPSA) is 348 Å². The van der Waals surface area contributed by atoms with Crippen molar-refractivity contribution in [2.75, 3.05) is 39.6 Å². The Morgan fingerprint density at radius 2 is 0.920 bits per heavy atom. The fraction of sp³-hybridized carbons (Fsp3) is 0.431. The van der Waals surface area contributed by atoms with Crippen LogP contribution < -0.4 is 0 Å². The van der Waals surface area contributed by atoms with Crippen molar-refractivity contribution < 1.29 is 43.9 Å². The predicted octanol–water partition coefficient (Wildman–Crippen LogP) is 11.0. The lowest BCUT2D eigenvalue weighted by atomic mass is 10.2. The van der Waals surface area contributed by atoms with E-state index in [1.807, 2.05) is 9.13 Å². The third kappa shape index (κ3) is 20.7. The molecule has 88 heavy (non-hydrogen) atoms. The quantitative estimate of drug-likeness (QED) is 0.0141. The molecule has 2 unspecified atom stereocenters. The van der Waals surface area contributed by atoms with Gasteiger partial charge in [0.2, 0.25) is 0 Å². The summed E-state index contributed by atoms with van der Waals surface area (Å²) in [5, 5.41) is 51.9. The number of benzene rings is 3. The standard InChI is InChI=1S/C21H25N5O4S.C16H17N5O3S.C12H9N5O2S.C9H18O3/c27-26(28)17-8-6-16(7-9-17)13-31-21-19-20(22-14-23-21)25(15-24-19)10-2-4-12-30-18-5-1-3-11-29-18;22-8-2-1-7-20-11-19-14-15(20)17-10-18-16(14)25-9-12-3-5-13(6-4-12)21(23)24;18-17(19)9-3-1-8(2-4-9)5-20-12-10-11(14-6-13-10)15-7-16-12;10-6-2-4-8-12-9-5-1-3-7-11-9/h6-9,14-15,18H,1-5,10-13H2;3-6,10-11,22H,1-2,7-9H2;1-4,6-7H,5H2,(H,13,14,15,16);9-10H,1-8H2. The SMILES string of the molecule is O=[N+]([O-])c1ccc(CSc2ncnc3c2ncn3CCCCO)cc1.O=[N+]([O-])c1ccc(CSc2ncnc3c2ncn3CCCCOC2CCCCO2)cc1.O=[N+]([O-])c1ccc(CSc2ncnc3nc[nH]c23)cc1.OCCCCOC1CCCCO1. The number of nitro benzene ring substituents is 3. The number of H-pyrrole nitrogens is 1. The molecule has 2 fully saturated rings. The van der Waals surface area contributed by atoms with Crippen molar-refractivity contribution in [3.63, 3.8) is 0 Å². The first kappa shape index (κ1) is 66.3. The summed E-state index contributed by atoms with van der Waals surface area (Å²) >= 11 is 4.60. The minimum atomic E-state index is -0.408. The van der Waals surface area contributed by atoms with Crippen LogP contribution in [0.4, 0.5) is 17.1 Å². The molecule has 2 saturated heterocycles. The van der Waals surface area contributed by atoms with E-state index < -0.39 is 14.8 Å². The smallest absolute Gasteiger partial charge is 0.269 e. The van der Waals surface area contributed by atoms with Gasteiger partial charge in [0.05, 0.1) is 33.8 Å². The van der Waals surface area contributed by atoms with Crippen molar-refractivity contribution in [1.82, 2.24) is 59.0 Å². The average Bonchev–Trinajstić information content (AvgIpc) is 2.96. The summed E-state index contributed by atoms with van der Waals surface area (Å²) in [4.78, 5) is 72.5. The Labute approximate surface area is 518 Å². The lowest BCUT2D eigenvalue weighted by Crippen LogP contribution is -2.22. The lowest BCUT2D eigenvalue weighted by molar-refractivity contribution is -0.385. The maximum Gasteiger partial charge on any atom is 0.269 e. The van der Waals surface area contributed by atoms with E-state index in [1.165, 1.54) is 85.4 Å². The van der Waals surface area contributed by atoms with Gasteiger partial charge in [0, 0.05) is 106 Å². The Morgan fingerprint density at radius 3 is 1.35 bits per heavy atom. The molecule has 11 rings (SSSR count). The van der Waals surface area contributed by atoms with Crippen LogP contribution in [0.2, 0.25) is 0 Å². The summed E-state index contributed by atoms with van der Waals surface area (Å²) in [5.41, 5.74) is 7.78. The summed E-state index contributed by atoms with van der Waals surface area (Å²) in [6.45, 7) is 5.05. The number of rotatable bonds is 27. The fourth-order valence-corrected chi connectivity index (χ4v) is 11.5. The molecule has 8 heterocycles. The number of imidazole rings is 3. The van der Waals surface area contributed by atoms with E-state index in [2.05, 4.69) is 49.8 Å². The fourth-order valence-electron chi connectivity index (χ4n) is 8.81. The van der Waals surface area contributed by atoms with Gasteiger partial charge < -0.3 is 43.3 Å². The first-order chi connectivity index (χ1) is 43.1. The normalized spacial score (nSPS) is 14.8. The highest BCUT2D eigenvalue weighted by molar-refractivity contribution is 7.99. The van der Waals surface area contributed by atoms with Crippen LogP contribution in [0.5, 0.6) is 0 Å². The number of nitrogens with zero attached hydrogens (tertiary/aromatic N) is 14. The number of unbranched alkanes of at least 4 members (excludes halogenated alkanes) is 3. The highest BCUT2D eigenvalue weighted by Crippen LogP contribution is 2.30. The maximum atomic E-state index is 10.8. The van der Waals surface area contributed by atoms with Crippen LogP contribution in [0.25, 0.3) is 33.5 Å². The van der Waals surface area contributed by atoms with E-state index in [0.717, 1.165) is 150 Å². The van der Waals surface area contributed by atoms with Gasteiger partial charge in [-0.2, -0.15) is 0 Å². The van der Waals surface area contributed by atoms with Gasteiger partial charge in [-0.3, -0.25) is 30.3 Å². The van der Waals surface area contributed by atoms with Crippen LogP contribution in [-0.4, -0.2) is 136 Å². The molecule has 0 radical (unpaired) electrons. The third-order valence-electron chi connectivity index (χ3n) is 13.5. The average molecular weight is 1260 g/mol. The number of nitro groups is 3. The molecule has 3 N–H and O–H groups in total. The van der Waals surface area contributed by atoms with Crippen molar-refractivity contribution in [2.24, 2.45) is 0 Å². The van der Waals surface area contributed by atoms with E-state index in [1.54, 1.807) is 73.5 Å². The molecule has 30 heteroatoms. The zero-order valence-corrected chi connectivity index (χ0v) is 50.7. The molecule has 2 atom stereocenters. The van der Waals surface area contributed by atoms with Gasteiger partial charge in [0.15, 0.2) is 29.5 Å². The Hall–Kier alpha value is -7.68. The van der Waals surface area contributed by atoms with Gasteiger partial charge >= 0.3 is 0 Å². The molecule has 9 aromatic rings. The Bertz CT molecular complexity index is 3570. The third-order valence-corrected chi connectivity index (χ3v) is 16.7. The maximum absolute atomic E-state index is 10.8. The molecule has 0 saturated carbocycles. The zero-order valence-electron chi connectivity index (χ0n) is 48.3. The van der Waals surface area contributed by atoms with E-state index in [-0.39, 0.29) is 42.9 Å². The summed E-state index contributed by atoms with van der Waals surface area (Å²) < 4.78 is 26.2. The van der Waals surface area contributed by atoms with E-state index in [4.69, 9.17) is 29.2 Å². The van der Waals surface area contributed by atoms with Gasteiger partial charge in [-0.1, -0.05) is 71.7 Å². The number of aliphatic hydroxyl groups is 2. The first-order valence-corrected chi connectivity index (χ1v) is 31.7. The molecule has 466 valence electrons. The first-order valence-electron chi connectivity index (χ1n) is 28.8. The number of hydrogen-bond acceptors (Lipinski definition) is 24. The molecular formula is C58H69N15O12S3. The van der Waals surface area contributed by atoms with E-state index in [9.17, 15) is 30.3 Å². The molecular weight excluding hydrogens is 1190 g/mol. The summed E-state index contributed by atoms with van der Waals surface area (Å²) in [7, 11) is 0. The minimum Gasteiger partial charge on any atom is -0.396 e. The molecule has 0 amide bonds. The number of non-ortho nitro benzene ring substituents is 3. The number of hydrogen-bond donors (Lipinski definition) is 3. The van der Waals surface area contributed by atoms with Gasteiger partial charge in [0.1, 0.15) is 50.6 Å². The summed E-state index contributed by atoms with van der Waals surface area (Å²) in [6.07, 6.45) is 21.6. The second-order valence-electron chi connectivity index (χ2n) is 19.9. The number of ether oxygens (including phenoxy) is 4.